The summed E-state index contributed by atoms with van der Waals surface area (Å²) in [6.45, 7) is 0.455. The normalized spacial score (nSPS) is 11.0. The number of hydrazone groups is 1. The van der Waals surface area contributed by atoms with Gasteiger partial charge in [-0.05, 0) is 29.8 Å². The van der Waals surface area contributed by atoms with Gasteiger partial charge in [0.05, 0.1) is 11.1 Å². The average Bonchev–Trinajstić information content (AvgIpc) is 3.22. The molecular formula is C23H18N4O4. The van der Waals surface area contributed by atoms with E-state index in [9.17, 15) is 14.9 Å². The fourth-order valence-electron chi connectivity index (χ4n) is 3.01. The highest BCUT2D eigenvalue weighted by atomic mass is 16.6. The van der Waals surface area contributed by atoms with E-state index >= 15 is 0 Å². The lowest BCUT2D eigenvalue weighted by molar-refractivity contribution is -0.384. The molecule has 0 aliphatic carbocycles. The molecule has 0 fully saturated rings. The summed E-state index contributed by atoms with van der Waals surface area (Å²) in [5.41, 5.74) is 5.08. The summed E-state index contributed by atoms with van der Waals surface area (Å²) in [5, 5.41) is 15.5. The number of hydrogen-bond donors (Lipinski definition) is 2. The number of carbonyl (C=O) groups excluding carboxylic acids is 1. The molecular weight excluding hydrogens is 396 g/mol. The van der Waals surface area contributed by atoms with Crippen molar-refractivity contribution in [2.45, 2.75) is 6.61 Å². The Bertz CT molecular complexity index is 1270. The van der Waals surface area contributed by atoms with Crippen molar-refractivity contribution in [2.24, 2.45) is 5.10 Å². The number of aromatic amines is 1. The maximum atomic E-state index is 12.4. The van der Waals surface area contributed by atoms with E-state index < -0.39 is 10.8 Å². The lowest BCUT2D eigenvalue weighted by Crippen LogP contribution is -2.17. The lowest BCUT2D eigenvalue weighted by atomic mass is 10.2. The fourth-order valence-corrected chi connectivity index (χ4v) is 3.01. The number of nitro groups is 1. The van der Waals surface area contributed by atoms with Crippen LogP contribution in [0.5, 0.6) is 5.75 Å². The van der Waals surface area contributed by atoms with Crippen molar-refractivity contribution in [3.8, 4) is 5.75 Å². The molecule has 2 N–H and O–H groups in total. The Morgan fingerprint density at radius 3 is 2.71 bits per heavy atom. The van der Waals surface area contributed by atoms with Crippen LogP contribution in [0.15, 0.2) is 84.0 Å². The molecule has 0 aliphatic rings. The van der Waals surface area contributed by atoms with Crippen LogP contribution in [0.2, 0.25) is 0 Å². The zero-order chi connectivity index (χ0) is 21.6. The van der Waals surface area contributed by atoms with Crippen LogP contribution in [0.25, 0.3) is 10.9 Å². The minimum Gasteiger partial charge on any atom is -0.489 e. The third-order valence-electron chi connectivity index (χ3n) is 4.55. The van der Waals surface area contributed by atoms with Crippen LogP contribution in [0, 0.1) is 10.1 Å². The van der Waals surface area contributed by atoms with Gasteiger partial charge in [0.1, 0.15) is 18.1 Å². The van der Waals surface area contributed by atoms with Gasteiger partial charge in [0, 0.05) is 28.6 Å². The first-order chi connectivity index (χ1) is 15.1. The van der Waals surface area contributed by atoms with Crippen molar-refractivity contribution >= 4 is 28.7 Å². The van der Waals surface area contributed by atoms with Crippen molar-refractivity contribution in [3.05, 3.63) is 106 Å². The molecule has 0 saturated carbocycles. The summed E-state index contributed by atoms with van der Waals surface area (Å²) in [6.07, 6.45) is 1.35. The summed E-state index contributed by atoms with van der Waals surface area (Å²) in [7, 11) is 0. The van der Waals surface area contributed by atoms with Crippen LogP contribution < -0.4 is 10.2 Å². The van der Waals surface area contributed by atoms with Gasteiger partial charge in [-0.15, -0.1) is 0 Å². The molecule has 0 saturated heterocycles. The number of ether oxygens (including phenoxy) is 1. The Morgan fingerprint density at radius 2 is 1.90 bits per heavy atom. The van der Waals surface area contributed by atoms with Gasteiger partial charge < -0.3 is 9.72 Å². The number of hydrogen-bond acceptors (Lipinski definition) is 5. The molecule has 1 amide bonds. The number of nitrogens with one attached hydrogen (secondary N) is 2. The van der Waals surface area contributed by atoms with Gasteiger partial charge in [0.15, 0.2) is 0 Å². The van der Waals surface area contributed by atoms with E-state index in [4.69, 9.17) is 4.74 Å². The van der Waals surface area contributed by atoms with Crippen molar-refractivity contribution < 1.29 is 14.5 Å². The van der Waals surface area contributed by atoms with Crippen molar-refractivity contribution in [2.75, 3.05) is 0 Å². The predicted octanol–water partition coefficient (Wildman–Crippen LogP) is 4.42. The standard InChI is InChI=1S/C23H18N4O4/c28-23(26-24-14-17-7-4-8-19(11-17)27(29)30)22-13-18-12-20(9-10-21(18)25-22)31-15-16-5-2-1-3-6-16/h1-14,25H,15H2,(H,26,28)/b24-14+. The molecule has 8 heteroatoms. The zero-order valence-electron chi connectivity index (χ0n) is 16.3. The third-order valence-corrected chi connectivity index (χ3v) is 4.55. The molecule has 3 aromatic carbocycles. The first-order valence-corrected chi connectivity index (χ1v) is 9.46. The van der Waals surface area contributed by atoms with Crippen molar-refractivity contribution in [1.82, 2.24) is 10.4 Å². The smallest absolute Gasteiger partial charge is 0.287 e. The van der Waals surface area contributed by atoms with Gasteiger partial charge >= 0.3 is 0 Å². The molecule has 1 aromatic heterocycles. The van der Waals surface area contributed by atoms with Crippen LogP contribution in [-0.4, -0.2) is 22.0 Å². The van der Waals surface area contributed by atoms with E-state index in [1.807, 2.05) is 48.5 Å². The SMILES string of the molecule is O=C(N/N=C/c1cccc([N+](=O)[O-])c1)c1cc2cc(OCc3ccccc3)ccc2[nH]1. The highest BCUT2D eigenvalue weighted by molar-refractivity contribution is 5.98. The highest BCUT2D eigenvalue weighted by Crippen LogP contribution is 2.22. The number of nitro benzene ring substituents is 1. The van der Waals surface area contributed by atoms with Gasteiger partial charge in [0.2, 0.25) is 0 Å². The number of benzene rings is 3. The maximum absolute atomic E-state index is 12.4. The molecule has 154 valence electrons. The Hall–Kier alpha value is -4.46. The van der Waals surface area contributed by atoms with E-state index in [0.717, 1.165) is 16.5 Å². The van der Waals surface area contributed by atoms with Crippen molar-refractivity contribution in [1.29, 1.82) is 0 Å². The maximum Gasteiger partial charge on any atom is 0.287 e. The number of aromatic nitrogens is 1. The molecule has 8 nitrogen and oxygen atoms in total. The second-order valence-electron chi connectivity index (χ2n) is 6.76. The zero-order valence-corrected chi connectivity index (χ0v) is 16.3. The number of nitrogens with zero attached hydrogens (tertiary/aromatic N) is 2. The topological polar surface area (TPSA) is 110 Å². The summed E-state index contributed by atoms with van der Waals surface area (Å²) >= 11 is 0. The first-order valence-electron chi connectivity index (χ1n) is 9.46. The first kappa shape index (κ1) is 19.8. The summed E-state index contributed by atoms with van der Waals surface area (Å²) in [6, 6.07) is 23.1. The molecule has 0 atom stereocenters. The Kier molecular flexibility index (Phi) is 5.70. The molecule has 0 spiro atoms. The molecule has 0 radical (unpaired) electrons. The van der Waals surface area contributed by atoms with Crippen LogP contribution in [0.3, 0.4) is 0 Å². The summed E-state index contributed by atoms with van der Waals surface area (Å²) in [5.74, 6) is 0.274. The Balaban J connectivity index is 1.41. The Morgan fingerprint density at radius 1 is 1.06 bits per heavy atom. The largest absolute Gasteiger partial charge is 0.489 e. The molecule has 31 heavy (non-hydrogen) atoms. The van der Waals surface area contributed by atoms with Crippen LogP contribution in [0.1, 0.15) is 21.6 Å². The van der Waals surface area contributed by atoms with E-state index in [1.165, 1.54) is 18.3 Å². The van der Waals surface area contributed by atoms with E-state index in [2.05, 4.69) is 15.5 Å². The number of non-ortho nitro benzene ring substituents is 1. The van der Waals surface area contributed by atoms with Gasteiger partial charge in [0.25, 0.3) is 11.6 Å². The predicted molar refractivity (Wildman–Crippen MR) is 117 cm³/mol. The quantitative estimate of drug-likeness (QED) is 0.265. The average molecular weight is 414 g/mol. The molecule has 0 aliphatic heterocycles. The Labute approximate surface area is 177 Å². The summed E-state index contributed by atoms with van der Waals surface area (Å²) < 4.78 is 5.82. The monoisotopic (exact) mass is 414 g/mol. The van der Waals surface area contributed by atoms with Gasteiger partial charge in [-0.25, -0.2) is 5.43 Å². The second kappa shape index (κ2) is 8.91. The van der Waals surface area contributed by atoms with Crippen LogP contribution >= 0.6 is 0 Å². The summed E-state index contributed by atoms with van der Waals surface area (Å²) in [4.78, 5) is 25.8. The lowest BCUT2D eigenvalue weighted by Gasteiger charge is -2.06. The molecule has 1 heterocycles. The van der Waals surface area contributed by atoms with Gasteiger partial charge in [-0.2, -0.15) is 5.10 Å². The van der Waals surface area contributed by atoms with Crippen LogP contribution in [-0.2, 0) is 6.61 Å². The number of amides is 1. The molecule has 0 unspecified atom stereocenters. The third kappa shape index (κ3) is 4.94. The van der Waals surface area contributed by atoms with Gasteiger partial charge in [-0.3, -0.25) is 14.9 Å². The second-order valence-corrected chi connectivity index (χ2v) is 6.76. The van der Waals surface area contributed by atoms with E-state index in [0.29, 0.717) is 23.6 Å². The minimum atomic E-state index is -0.488. The number of H-pyrrole nitrogens is 1. The molecule has 4 aromatic rings. The van der Waals surface area contributed by atoms with Crippen LogP contribution in [0.4, 0.5) is 5.69 Å². The number of carbonyl (C=O) groups is 1. The number of rotatable bonds is 7. The van der Waals surface area contributed by atoms with E-state index in [1.54, 1.807) is 18.2 Å². The minimum absolute atomic E-state index is 0.0452. The van der Waals surface area contributed by atoms with Gasteiger partial charge in [-0.1, -0.05) is 42.5 Å². The highest BCUT2D eigenvalue weighted by Gasteiger charge is 2.10. The molecule has 0 bridgehead atoms. The van der Waals surface area contributed by atoms with E-state index in [-0.39, 0.29) is 5.69 Å². The number of fused-ring (bicyclic) bond motifs is 1. The fraction of sp³-hybridized carbons (Fsp3) is 0.0435. The molecule has 4 rings (SSSR count). The van der Waals surface area contributed by atoms with Crippen molar-refractivity contribution in [3.63, 3.8) is 0 Å².